The second-order valence-corrected chi connectivity index (χ2v) is 5.25. The average Bonchev–Trinajstić information content (AvgIpc) is 2.81. The second kappa shape index (κ2) is 6.62. The number of carboxylic acids is 1. The van der Waals surface area contributed by atoms with Crippen molar-refractivity contribution in [3.05, 3.63) is 46.0 Å². The first-order chi connectivity index (χ1) is 9.58. The van der Waals surface area contributed by atoms with Crippen LogP contribution >= 0.6 is 15.9 Å². The number of hydrogen-bond donors (Lipinski definition) is 2. The zero-order valence-corrected chi connectivity index (χ0v) is 12.6. The summed E-state index contributed by atoms with van der Waals surface area (Å²) >= 11 is 3.39. The van der Waals surface area contributed by atoms with Crippen molar-refractivity contribution in [2.75, 3.05) is 6.54 Å². The Bertz CT molecular complexity index is 612. The summed E-state index contributed by atoms with van der Waals surface area (Å²) in [7, 11) is 1.91. The molecule has 1 aromatic carbocycles. The van der Waals surface area contributed by atoms with Crippen molar-refractivity contribution in [3.63, 3.8) is 0 Å². The summed E-state index contributed by atoms with van der Waals surface area (Å²) in [5.41, 5.74) is 1.30. The van der Waals surface area contributed by atoms with Gasteiger partial charge in [-0.25, -0.2) is 4.79 Å². The molecular weight excluding hydrogens is 324 g/mol. The molecule has 0 amide bonds. The Hall–Kier alpha value is -1.73. The van der Waals surface area contributed by atoms with Gasteiger partial charge in [-0.2, -0.15) is 0 Å². The lowest BCUT2D eigenvalue weighted by atomic mass is 10.1. The molecular formula is C13H15BrN4O2. The van der Waals surface area contributed by atoms with Crippen molar-refractivity contribution < 1.29 is 9.90 Å². The Balaban J connectivity index is 1.85. The van der Waals surface area contributed by atoms with Gasteiger partial charge in [0.25, 0.3) is 0 Å². The first-order valence-corrected chi connectivity index (χ1v) is 6.92. The molecule has 0 saturated heterocycles. The fourth-order valence-corrected chi connectivity index (χ4v) is 2.30. The molecule has 0 aliphatic rings. The Kier molecular flexibility index (Phi) is 4.86. The smallest absolute Gasteiger partial charge is 0.335 e. The van der Waals surface area contributed by atoms with Gasteiger partial charge in [0.15, 0.2) is 0 Å². The lowest BCUT2D eigenvalue weighted by molar-refractivity contribution is 0.0697. The number of benzene rings is 1. The molecule has 0 aliphatic carbocycles. The van der Waals surface area contributed by atoms with Crippen molar-refractivity contribution in [3.8, 4) is 0 Å². The molecule has 0 saturated carbocycles. The Morgan fingerprint density at radius 1 is 1.50 bits per heavy atom. The third-order valence-electron chi connectivity index (χ3n) is 2.95. The molecule has 0 radical (unpaired) electrons. The van der Waals surface area contributed by atoms with E-state index >= 15 is 0 Å². The number of aromatic nitrogens is 3. The van der Waals surface area contributed by atoms with Gasteiger partial charge < -0.3 is 15.0 Å². The summed E-state index contributed by atoms with van der Waals surface area (Å²) in [6.07, 6.45) is 2.47. The third-order valence-corrected chi connectivity index (χ3v) is 3.68. The van der Waals surface area contributed by atoms with Crippen LogP contribution in [-0.4, -0.2) is 32.4 Å². The maximum atomic E-state index is 10.8. The number of aryl methyl sites for hydroxylation is 1. The molecule has 0 unspecified atom stereocenters. The molecule has 20 heavy (non-hydrogen) atoms. The fraction of sp³-hybridized carbons (Fsp3) is 0.308. The van der Waals surface area contributed by atoms with E-state index in [1.54, 1.807) is 18.5 Å². The van der Waals surface area contributed by atoms with Crippen LogP contribution in [0.3, 0.4) is 0 Å². The van der Waals surface area contributed by atoms with E-state index in [0.717, 1.165) is 28.8 Å². The number of nitrogens with zero attached hydrogens (tertiary/aromatic N) is 3. The van der Waals surface area contributed by atoms with Crippen molar-refractivity contribution in [2.24, 2.45) is 7.05 Å². The van der Waals surface area contributed by atoms with Gasteiger partial charge >= 0.3 is 5.97 Å². The first kappa shape index (κ1) is 14.7. The van der Waals surface area contributed by atoms with Gasteiger partial charge in [-0.1, -0.05) is 22.0 Å². The number of carbonyl (C=O) groups is 1. The van der Waals surface area contributed by atoms with Gasteiger partial charge in [-0.05, 0) is 17.7 Å². The number of aromatic carboxylic acids is 1. The van der Waals surface area contributed by atoms with Gasteiger partial charge in [0, 0.05) is 31.0 Å². The number of nitrogens with one attached hydrogen (secondary N) is 1. The quantitative estimate of drug-likeness (QED) is 0.782. The van der Waals surface area contributed by atoms with E-state index in [1.165, 1.54) is 0 Å². The largest absolute Gasteiger partial charge is 0.478 e. The zero-order valence-electron chi connectivity index (χ0n) is 11.0. The van der Waals surface area contributed by atoms with Gasteiger partial charge in [0.05, 0.1) is 5.56 Å². The van der Waals surface area contributed by atoms with Crippen molar-refractivity contribution in [2.45, 2.75) is 13.0 Å². The average molecular weight is 339 g/mol. The monoisotopic (exact) mass is 338 g/mol. The molecule has 0 spiro atoms. The normalized spacial score (nSPS) is 10.7. The second-order valence-electron chi connectivity index (χ2n) is 4.40. The summed E-state index contributed by atoms with van der Waals surface area (Å²) in [4.78, 5) is 10.8. The number of carboxylic acid groups (broad SMARTS) is 1. The molecule has 0 aliphatic heterocycles. The van der Waals surface area contributed by atoms with Crippen LogP contribution in [-0.2, 0) is 20.0 Å². The molecule has 2 aromatic rings. The Labute approximate surface area is 125 Å². The van der Waals surface area contributed by atoms with Crippen LogP contribution in [0.4, 0.5) is 0 Å². The minimum atomic E-state index is -0.924. The van der Waals surface area contributed by atoms with E-state index in [9.17, 15) is 4.79 Å². The van der Waals surface area contributed by atoms with Crippen LogP contribution in [0.1, 0.15) is 21.7 Å². The SMILES string of the molecule is Cn1cnnc1CCNCc1ccc(C(=O)O)cc1Br. The fourth-order valence-electron chi connectivity index (χ4n) is 1.78. The molecule has 0 atom stereocenters. The number of halogens is 1. The predicted molar refractivity (Wildman–Crippen MR) is 77.5 cm³/mol. The van der Waals surface area contributed by atoms with Crippen molar-refractivity contribution >= 4 is 21.9 Å². The third kappa shape index (κ3) is 3.64. The summed E-state index contributed by atoms with van der Waals surface area (Å²) < 4.78 is 2.68. The van der Waals surface area contributed by atoms with E-state index in [-0.39, 0.29) is 5.56 Å². The molecule has 106 valence electrons. The van der Waals surface area contributed by atoms with E-state index in [1.807, 2.05) is 17.7 Å². The van der Waals surface area contributed by atoms with Crippen molar-refractivity contribution in [1.29, 1.82) is 0 Å². The summed E-state index contributed by atoms with van der Waals surface area (Å²) in [6.45, 7) is 1.44. The molecule has 0 bridgehead atoms. The topological polar surface area (TPSA) is 80.0 Å². The maximum Gasteiger partial charge on any atom is 0.335 e. The van der Waals surface area contributed by atoms with E-state index in [4.69, 9.17) is 5.11 Å². The Morgan fingerprint density at radius 2 is 2.30 bits per heavy atom. The number of hydrogen-bond acceptors (Lipinski definition) is 4. The molecule has 1 aromatic heterocycles. The van der Waals surface area contributed by atoms with Gasteiger partial charge in [-0.3, -0.25) is 0 Å². The highest BCUT2D eigenvalue weighted by Crippen LogP contribution is 2.18. The van der Waals surface area contributed by atoms with Crippen LogP contribution in [0.15, 0.2) is 29.0 Å². The van der Waals surface area contributed by atoms with Crippen molar-refractivity contribution in [1.82, 2.24) is 20.1 Å². The van der Waals surface area contributed by atoms with Gasteiger partial charge in [-0.15, -0.1) is 10.2 Å². The molecule has 7 heteroatoms. The van der Waals surface area contributed by atoms with Crippen LogP contribution in [0, 0.1) is 0 Å². The van der Waals surface area contributed by atoms with Crippen LogP contribution in [0.25, 0.3) is 0 Å². The van der Waals surface area contributed by atoms with Crippen LogP contribution in [0.2, 0.25) is 0 Å². The summed E-state index contributed by atoms with van der Waals surface area (Å²) in [6, 6.07) is 5.03. The highest BCUT2D eigenvalue weighted by atomic mass is 79.9. The van der Waals surface area contributed by atoms with Gasteiger partial charge in [0.1, 0.15) is 12.2 Å². The van der Waals surface area contributed by atoms with E-state index in [0.29, 0.717) is 6.54 Å². The van der Waals surface area contributed by atoms with E-state index < -0.39 is 5.97 Å². The minimum Gasteiger partial charge on any atom is -0.478 e. The molecule has 0 fully saturated rings. The maximum absolute atomic E-state index is 10.8. The molecule has 1 heterocycles. The van der Waals surface area contributed by atoms with Gasteiger partial charge in [0.2, 0.25) is 0 Å². The highest BCUT2D eigenvalue weighted by molar-refractivity contribution is 9.10. The zero-order chi connectivity index (χ0) is 14.5. The predicted octanol–water partition coefficient (Wildman–Crippen LogP) is 1.61. The molecule has 6 nitrogen and oxygen atoms in total. The van der Waals surface area contributed by atoms with Crippen LogP contribution < -0.4 is 5.32 Å². The van der Waals surface area contributed by atoms with E-state index in [2.05, 4.69) is 31.4 Å². The highest BCUT2D eigenvalue weighted by Gasteiger charge is 2.06. The Morgan fingerprint density at radius 3 is 2.90 bits per heavy atom. The lowest BCUT2D eigenvalue weighted by Gasteiger charge is -2.07. The van der Waals surface area contributed by atoms with Crippen LogP contribution in [0.5, 0.6) is 0 Å². The summed E-state index contributed by atoms with van der Waals surface area (Å²) in [5, 5.41) is 20.0. The lowest BCUT2D eigenvalue weighted by Crippen LogP contribution is -2.18. The summed E-state index contributed by atoms with van der Waals surface area (Å²) in [5.74, 6) is 0.00489. The molecule has 2 rings (SSSR count). The molecule has 2 N–H and O–H groups in total. The first-order valence-electron chi connectivity index (χ1n) is 6.13. The number of rotatable bonds is 6. The minimum absolute atomic E-state index is 0.278. The standard InChI is InChI=1S/C13H15BrN4O2/c1-18-8-16-17-12(18)4-5-15-7-10-3-2-9(13(19)20)6-11(10)14/h2-3,6,8,15H,4-5,7H2,1H3,(H,19,20).